The van der Waals surface area contributed by atoms with Crippen molar-refractivity contribution in [2.24, 2.45) is 0 Å². The van der Waals surface area contributed by atoms with Gasteiger partial charge in [0.15, 0.2) is 12.6 Å². The molecule has 0 saturated carbocycles. The molecule has 9 heteroatoms. The van der Waals surface area contributed by atoms with Gasteiger partial charge in [-0.1, -0.05) is 6.58 Å². The van der Waals surface area contributed by atoms with Crippen LogP contribution in [0.5, 0.6) is 0 Å². The zero-order valence-corrected chi connectivity index (χ0v) is 18.4. The molecule has 0 aliphatic carbocycles. The lowest BCUT2D eigenvalue weighted by atomic mass is 10.2. The Balaban J connectivity index is 0.00000729. The molecule has 0 radical (unpaired) electrons. The summed E-state index contributed by atoms with van der Waals surface area (Å²) >= 11 is 0. The Kier molecular flexibility index (Phi) is 13.9. The highest BCUT2D eigenvalue weighted by atomic mass is 35.5. The summed E-state index contributed by atoms with van der Waals surface area (Å²) in [4.78, 5) is 11.4. The Morgan fingerprint density at radius 2 is 1.96 bits per heavy atom. The van der Waals surface area contributed by atoms with Crippen molar-refractivity contribution in [3.05, 3.63) is 12.2 Å². The van der Waals surface area contributed by atoms with Gasteiger partial charge < -0.3 is 46.3 Å². The Labute approximate surface area is 175 Å². The number of halogens is 1. The number of rotatable bonds is 14. The van der Waals surface area contributed by atoms with E-state index in [4.69, 9.17) is 18.9 Å². The third-order valence-corrected chi connectivity index (χ3v) is 4.24. The predicted molar refractivity (Wildman–Crippen MR) is 102 cm³/mol. The van der Waals surface area contributed by atoms with Gasteiger partial charge in [0.2, 0.25) is 5.91 Å². The van der Waals surface area contributed by atoms with E-state index >= 15 is 0 Å². The lowest BCUT2D eigenvalue weighted by molar-refractivity contribution is -0.893. The van der Waals surface area contributed by atoms with Crippen LogP contribution in [0.1, 0.15) is 26.7 Å². The molecule has 0 aromatic heterocycles. The van der Waals surface area contributed by atoms with Crippen molar-refractivity contribution in [1.82, 2.24) is 5.32 Å². The highest BCUT2D eigenvalue weighted by Gasteiger charge is 2.21. The van der Waals surface area contributed by atoms with Crippen LogP contribution in [0.2, 0.25) is 0 Å². The summed E-state index contributed by atoms with van der Waals surface area (Å²) < 4.78 is 22.4. The Hall–Kier alpha value is -0.740. The number of amides is 1. The first kappa shape index (κ1) is 27.3. The summed E-state index contributed by atoms with van der Waals surface area (Å²) in [5.74, 6) is -0.117. The topological polar surface area (TPSA) is 86.3 Å². The van der Waals surface area contributed by atoms with Crippen molar-refractivity contribution < 1.29 is 45.7 Å². The zero-order chi connectivity index (χ0) is 20.3. The third-order valence-electron chi connectivity index (χ3n) is 4.24. The molecular weight excluding hydrogens is 388 g/mol. The fourth-order valence-electron chi connectivity index (χ4n) is 2.77. The fourth-order valence-corrected chi connectivity index (χ4v) is 2.77. The standard InChI is InChI=1S/C19H36N2O6.ClH/c1-15(2)19(23)20-8-6-9-21(4,5)13-17(22)14-27-16(3)24-10-7-18-25-11-12-26-18;/h16-18,22H,1,6-14H2,2-5H3;1H. The van der Waals surface area contributed by atoms with Crippen molar-refractivity contribution in [1.29, 1.82) is 0 Å². The van der Waals surface area contributed by atoms with Crippen LogP contribution in [0.15, 0.2) is 12.2 Å². The molecule has 2 N–H and O–H groups in total. The van der Waals surface area contributed by atoms with Gasteiger partial charge in [-0.25, -0.2) is 0 Å². The Morgan fingerprint density at radius 1 is 1.32 bits per heavy atom. The van der Waals surface area contributed by atoms with E-state index in [1.807, 2.05) is 21.0 Å². The SMILES string of the molecule is C=C(C)C(=O)NCCC[N+](C)(C)CC(O)COC(C)OCCC1OCCO1.[Cl-]. The first-order chi connectivity index (χ1) is 12.7. The number of hydrogen-bond acceptors (Lipinski definition) is 6. The van der Waals surface area contributed by atoms with Gasteiger partial charge in [-0.2, -0.15) is 0 Å². The summed E-state index contributed by atoms with van der Waals surface area (Å²) in [6.45, 7) is 11.1. The van der Waals surface area contributed by atoms with Crippen molar-refractivity contribution in [3.8, 4) is 0 Å². The van der Waals surface area contributed by atoms with Crippen LogP contribution in [0.4, 0.5) is 0 Å². The van der Waals surface area contributed by atoms with E-state index in [1.54, 1.807) is 6.92 Å². The molecule has 166 valence electrons. The Morgan fingerprint density at radius 3 is 2.57 bits per heavy atom. The summed E-state index contributed by atoms with van der Waals surface area (Å²) in [5.41, 5.74) is 0.510. The monoisotopic (exact) mass is 424 g/mol. The second-order valence-corrected chi connectivity index (χ2v) is 7.62. The molecule has 2 unspecified atom stereocenters. The van der Waals surface area contributed by atoms with Crippen LogP contribution in [0, 0.1) is 0 Å². The smallest absolute Gasteiger partial charge is 0.246 e. The highest BCUT2D eigenvalue weighted by molar-refractivity contribution is 5.91. The predicted octanol–water partition coefficient (Wildman–Crippen LogP) is -2.35. The molecule has 1 aliphatic heterocycles. The molecule has 1 aliphatic rings. The Bertz CT molecular complexity index is 458. The van der Waals surface area contributed by atoms with Gasteiger partial charge >= 0.3 is 0 Å². The van der Waals surface area contributed by atoms with Crippen molar-refractivity contribution in [3.63, 3.8) is 0 Å². The average Bonchev–Trinajstić information content (AvgIpc) is 3.09. The molecule has 2 atom stereocenters. The minimum atomic E-state index is -0.586. The van der Waals surface area contributed by atoms with E-state index in [0.717, 1.165) is 13.0 Å². The lowest BCUT2D eigenvalue weighted by Gasteiger charge is -2.32. The second-order valence-electron chi connectivity index (χ2n) is 7.62. The third kappa shape index (κ3) is 12.7. The number of nitrogens with zero attached hydrogens (tertiary/aromatic N) is 1. The van der Waals surface area contributed by atoms with E-state index in [-0.39, 0.29) is 31.2 Å². The molecule has 28 heavy (non-hydrogen) atoms. The largest absolute Gasteiger partial charge is 1.00 e. The molecule has 8 nitrogen and oxygen atoms in total. The van der Waals surface area contributed by atoms with Crippen molar-refractivity contribution >= 4 is 5.91 Å². The molecule has 1 fully saturated rings. The molecular formula is C19H37ClN2O6. The van der Waals surface area contributed by atoms with Crippen LogP contribution >= 0.6 is 0 Å². The summed E-state index contributed by atoms with van der Waals surface area (Å²) in [6.07, 6.45) is 0.333. The van der Waals surface area contributed by atoms with Crippen molar-refractivity contribution in [2.75, 3.05) is 60.2 Å². The molecule has 1 rings (SSSR count). The highest BCUT2D eigenvalue weighted by Crippen LogP contribution is 2.09. The van der Waals surface area contributed by atoms with Crippen LogP contribution in [-0.2, 0) is 23.7 Å². The maximum atomic E-state index is 11.4. The van der Waals surface area contributed by atoms with Crippen LogP contribution in [0.3, 0.4) is 0 Å². The molecule has 1 amide bonds. The number of carbonyl (C=O) groups excluding carboxylic acids is 1. The van der Waals surface area contributed by atoms with Gasteiger partial charge in [-0.05, 0) is 13.8 Å². The van der Waals surface area contributed by atoms with E-state index in [2.05, 4.69) is 11.9 Å². The number of aliphatic hydroxyl groups excluding tert-OH is 1. The lowest BCUT2D eigenvalue weighted by Crippen LogP contribution is -3.00. The van der Waals surface area contributed by atoms with Crippen LogP contribution in [0.25, 0.3) is 0 Å². The minimum Gasteiger partial charge on any atom is -1.00 e. The first-order valence-corrected chi connectivity index (χ1v) is 9.60. The number of quaternary nitrogens is 1. The van der Waals surface area contributed by atoms with Crippen LogP contribution in [-0.4, -0.2) is 94.3 Å². The van der Waals surface area contributed by atoms with Gasteiger partial charge in [-0.3, -0.25) is 4.79 Å². The molecule has 1 saturated heterocycles. The molecule has 0 aromatic rings. The first-order valence-electron chi connectivity index (χ1n) is 9.60. The quantitative estimate of drug-likeness (QED) is 0.141. The molecule has 1 heterocycles. The van der Waals surface area contributed by atoms with Crippen LogP contribution < -0.4 is 17.7 Å². The van der Waals surface area contributed by atoms with Gasteiger partial charge in [0.05, 0.1) is 47.1 Å². The number of nitrogens with one attached hydrogen (secondary N) is 1. The van der Waals surface area contributed by atoms with Gasteiger partial charge in [0.25, 0.3) is 0 Å². The zero-order valence-electron chi connectivity index (χ0n) is 17.6. The van der Waals surface area contributed by atoms with Gasteiger partial charge in [0.1, 0.15) is 12.6 Å². The van der Waals surface area contributed by atoms with E-state index < -0.39 is 12.4 Å². The van der Waals surface area contributed by atoms with E-state index in [0.29, 0.717) is 49.4 Å². The van der Waals surface area contributed by atoms with Gasteiger partial charge in [0, 0.05) is 25.0 Å². The molecule has 0 spiro atoms. The number of carbonyl (C=O) groups is 1. The minimum absolute atomic E-state index is 0. The fraction of sp³-hybridized carbons (Fsp3) is 0.842. The summed E-state index contributed by atoms with van der Waals surface area (Å²) in [7, 11) is 4.09. The summed E-state index contributed by atoms with van der Waals surface area (Å²) in [5, 5.41) is 13.0. The summed E-state index contributed by atoms with van der Waals surface area (Å²) in [6, 6.07) is 0. The van der Waals surface area contributed by atoms with E-state index in [9.17, 15) is 9.90 Å². The molecule has 0 bridgehead atoms. The number of hydrogen-bond donors (Lipinski definition) is 2. The van der Waals surface area contributed by atoms with E-state index in [1.165, 1.54) is 0 Å². The molecule has 0 aromatic carbocycles. The number of likely N-dealkylation sites (N-methyl/N-ethyl adjacent to an activating group) is 1. The second kappa shape index (κ2) is 14.3. The number of aliphatic hydroxyl groups is 1. The normalized spacial score (nSPS) is 17.0. The maximum Gasteiger partial charge on any atom is 0.246 e. The average molecular weight is 425 g/mol. The maximum absolute atomic E-state index is 11.4. The van der Waals surface area contributed by atoms with Crippen molar-refractivity contribution in [2.45, 2.75) is 45.4 Å². The van der Waals surface area contributed by atoms with Gasteiger partial charge in [-0.15, -0.1) is 0 Å². The number of ether oxygens (including phenoxy) is 4.